The topological polar surface area (TPSA) is 24.7 Å². The van der Waals surface area contributed by atoms with E-state index in [1.807, 2.05) is 0 Å². The molecule has 0 unspecified atom stereocenters. The minimum absolute atomic E-state index is 0.412. The van der Waals surface area contributed by atoms with Crippen LogP contribution in [0.4, 0.5) is 0 Å². The van der Waals surface area contributed by atoms with Crippen LogP contribution in [-0.4, -0.2) is 38.3 Å². The molecule has 0 radical (unpaired) electrons. The van der Waals surface area contributed by atoms with E-state index in [0.717, 1.165) is 11.4 Å². The number of hydrogen-bond acceptors (Lipinski definition) is 2. The van der Waals surface area contributed by atoms with Gasteiger partial charge in [0.15, 0.2) is 0 Å². The van der Waals surface area contributed by atoms with Crippen LogP contribution < -0.4 is 0 Å². The molecule has 0 aromatic heterocycles. The van der Waals surface area contributed by atoms with Gasteiger partial charge in [-0.1, -0.05) is 0 Å². The number of rotatable bonds is 5. The Labute approximate surface area is 150 Å². The van der Waals surface area contributed by atoms with Crippen molar-refractivity contribution >= 4 is 53.1 Å². The van der Waals surface area contributed by atoms with Gasteiger partial charge >= 0.3 is 151 Å². The van der Waals surface area contributed by atoms with Crippen molar-refractivity contribution in [1.82, 2.24) is 0 Å². The molecule has 0 N–H and O–H groups in total. The van der Waals surface area contributed by atoms with Crippen molar-refractivity contribution in [3.63, 3.8) is 0 Å². The molecule has 22 heavy (non-hydrogen) atoms. The Hall–Kier alpha value is 1.000. The molecule has 0 amide bonds. The van der Waals surface area contributed by atoms with Gasteiger partial charge in [-0.3, -0.25) is 0 Å². The van der Waals surface area contributed by atoms with Crippen LogP contribution in [0.25, 0.3) is 0 Å². The molecule has 0 spiro atoms. The summed E-state index contributed by atoms with van der Waals surface area (Å²) in [5.41, 5.74) is 2.01. The van der Waals surface area contributed by atoms with Crippen molar-refractivity contribution in [2.24, 2.45) is 9.98 Å². The summed E-state index contributed by atoms with van der Waals surface area (Å²) in [5.74, 6) is 0. The van der Waals surface area contributed by atoms with Gasteiger partial charge in [0.1, 0.15) is 0 Å². The normalized spacial score (nSPS) is 24.5. The molecule has 0 aliphatic heterocycles. The zero-order chi connectivity index (χ0) is 16.0. The summed E-state index contributed by atoms with van der Waals surface area (Å²) >= 11 is -3.26. The predicted molar refractivity (Wildman–Crippen MR) is 102 cm³/mol. The Morgan fingerprint density at radius 3 is 1.73 bits per heavy atom. The fourth-order valence-corrected chi connectivity index (χ4v) is 7.15. The van der Waals surface area contributed by atoms with Crippen molar-refractivity contribution < 1.29 is 0 Å². The van der Waals surface area contributed by atoms with E-state index in [9.17, 15) is 0 Å². The Morgan fingerprint density at radius 1 is 0.818 bits per heavy atom. The molecule has 2 saturated carbocycles. The molecule has 2 aliphatic rings. The van der Waals surface area contributed by atoms with E-state index in [1.54, 1.807) is 0 Å². The van der Waals surface area contributed by atoms with Crippen molar-refractivity contribution in [3.8, 4) is 0 Å². The first-order chi connectivity index (χ1) is 10.4. The van der Waals surface area contributed by atoms with Gasteiger partial charge in [0.25, 0.3) is 0 Å². The van der Waals surface area contributed by atoms with E-state index in [2.05, 4.69) is 6.92 Å². The van der Waals surface area contributed by atoms with Gasteiger partial charge in [0, 0.05) is 0 Å². The average molecular weight is 481 g/mol. The summed E-state index contributed by atoms with van der Waals surface area (Å²) < 4.78 is 0.547. The summed E-state index contributed by atoms with van der Waals surface area (Å²) in [6, 6.07) is 0.865. The van der Waals surface area contributed by atoms with Gasteiger partial charge in [-0.25, -0.2) is 0 Å². The van der Waals surface area contributed by atoms with Crippen molar-refractivity contribution in [1.29, 1.82) is 0 Å². The van der Waals surface area contributed by atoms with Gasteiger partial charge in [-0.05, 0) is 0 Å². The molecule has 2 aliphatic carbocycles. The number of hydrogen-bond donors (Lipinski definition) is 0. The summed E-state index contributed by atoms with van der Waals surface area (Å²) in [6.07, 6.45) is 12.5. The Balaban J connectivity index is 2.11. The third kappa shape index (κ3) is 7.27. The van der Waals surface area contributed by atoms with E-state index in [0.29, 0.717) is 16.6 Å². The van der Waals surface area contributed by atoms with Crippen LogP contribution in [0.15, 0.2) is 9.98 Å². The van der Waals surface area contributed by atoms with E-state index in [-0.39, 0.29) is 0 Å². The van der Waals surface area contributed by atoms with E-state index < -0.39 is 14.8 Å². The minimum atomic E-state index is -3.26. The van der Waals surface area contributed by atoms with Crippen molar-refractivity contribution in [3.05, 3.63) is 0 Å². The van der Waals surface area contributed by atoms with Gasteiger partial charge in [0.05, 0.1) is 0 Å². The van der Waals surface area contributed by atoms with Crippen molar-refractivity contribution in [2.45, 2.75) is 87.7 Å². The fourth-order valence-electron chi connectivity index (χ4n) is 3.38. The second kappa shape index (κ2) is 9.47. The third-order valence-corrected chi connectivity index (χ3v) is 8.49. The molecule has 0 aromatic carbocycles. The second-order valence-electron chi connectivity index (χ2n) is 6.52. The first-order valence-corrected chi connectivity index (χ1v) is 19.0. The van der Waals surface area contributed by atoms with Crippen LogP contribution >= 0.6 is 26.9 Å². The monoisotopic (exact) mass is 482 g/mol. The predicted octanol–water partition coefficient (Wildman–Crippen LogP) is 6.21. The SMILES string of the molecule is CC(=NC1CCCCC1)C(C[Te](Cl)(Cl)Cl)=NC1CCCCC1. The fraction of sp³-hybridized carbons (Fsp3) is 0.875. The van der Waals surface area contributed by atoms with Crippen LogP contribution in [0.5, 0.6) is 0 Å². The maximum atomic E-state index is 6.22. The van der Waals surface area contributed by atoms with Crippen LogP contribution in [0.1, 0.15) is 71.1 Å². The van der Waals surface area contributed by atoms with Crippen LogP contribution in [0.2, 0.25) is 4.47 Å². The van der Waals surface area contributed by atoms with E-state index in [1.165, 1.54) is 64.2 Å². The third-order valence-electron chi connectivity index (χ3n) is 4.58. The summed E-state index contributed by atoms with van der Waals surface area (Å²) in [7, 11) is 18.7. The molecular formula is C16H27Cl3N2Te. The second-order valence-corrected chi connectivity index (χ2v) is 24.0. The quantitative estimate of drug-likeness (QED) is 0.330. The molecule has 2 nitrogen and oxygen atoms in total. The van der Waals surface area contributed by atoms with Gasteiger partial charge in [-0.2, -0.15) is 0 Å². The molecule has 2 rings (SSSR count). The van der Waals surface area contributed by atoms with Gasteiger partial charge in [0.2, 0.25) is 0 Å². The average Bonchev–Trinajstić information content (AvgIpc) is 2.47. The molecule has 0 bridgehead atoms. The number of aliphatic imine (C=N–C) groups is 2. The molecule has 0 heterocycles. The number of halogens is 3. The van der Waals surface area contributed by atoms with Crippen LogP contribution in [0, 0.1) is 0 Å². The van der Waals surface area contributed by atoms with Crippen molar-refractivity contribution in [2.75, 3.05) is 0 Å². The zero-order valence-corrected chi connectivity index (χ0v) is 18.0. The summed E-state index contributed by atoms with van der Waals surface area (Å²) in [5, 5.41) is 0. The van der Waals surface area contributed by atoms with Gasteiger partial charge in [-0.15, -0.1) is 0 Å². The summed E-state index contributed by atoms with van der Waals surface area (Å²) in [4.78, 5) is 9.89. The van der Waals surface area contributed by atoms with Gasteiger partial charge < -0.3 is 0 Å². The molecule has 6 heteroatoms. The Kier molecular flexibility index (Phi) is 8.32. The molecular weight excluding hydrogens is 454 g/mol. The Morgan fingerprint density at radius 2 is 1.27 bits per heavy atom. The molecule has 2 fully saturated rings. The standard InChI is InChI=1S/C16H27Cl3N2Te/c1-13(20-14-8-4-2-5-9-14)16(12-22(17,18)19)21-15-10-6-3-7-11-15/h14-15H,2-12H2,1H3. The maximum absolute atomic E-state index is 6.22. The Bertz CT molecular complexity index is 406. The van der Waals surface area contributed by atoms with E-state index >= 15 is 0 Å². The number of nitrogens with zero attached hydrogens (tertiary/aromatic N) is 2. The molecule has 0 atom stereocenters. The zero-order valence-electron chi connectivity index (χ0n) is 13.4. The van der Waals surface area contributed by atoms with E-state index in [4.69, 9.17) is 36.9 Å². The molecule has 0 saturated heterocycles. The molecule has 128 valence electrons. The first kappa shape index (κ1) is 19.3. The molecule has 0 aromatic rings. The first-order valence-electron chi connectivity index (χ1n) is 8.45. The summed E-state index contributed by atoms with van der Waals surface area (Å²) in [6.45, 7) is 2.06. The van der Waals surface area contributed by atoms with Crippen LogP contribution in [-0.2, 0) is 0 Å². The van der Waals surface area contributed by atoms with Crippen LogP contribution in [0.3, 0.4) is 0 Å².